The molecule has 1 N–H and O–H groups in total. The molecule has 2 aromatic carbocycles. The zero-order valence-corrected chi connectivity index (χ0v) is 12.3. The van der Waals surface area contributed by atoms with Gasteiger partial charge in [0.15, 0.2) is 11.9 Å². The van der Waals surface area contributed by atoms with Crippen molar-refractivity contribution in [1.82, 2.24) is 0 Å². The Morgan fingerprint density at radius 1 is 1.19 bits per heavy atom. The lowest BCUT2D eigenvalue weighted by molar-refractivity contribution is -0.124. The van der Waals surface area contributed by atoms with Gasteiger partial charge in [0.2, 0.25) is 0 Å². The quantitative estimate of drug-likeness (QED) is 0.938. The van der Waals surface area contributed by atoms with Crippen LogP contribution in [0.2, 0.25) is 0 Å². The lowest BCUT2D eigenvalue weighted by atomic mass is 10.0. The molecule has 21 heavy (non-hydrogen) atoms. The van der Waals surface area contributed by atoms with Crippen molar-refractivity contribution in [3.63, 3.8) is 0 Å². The van der Waals surface area contributed by atoms with E-state index in [1.165, 1.54) is 11.1 Å². The second kappa shape index (κ2) is 5.60. The first-order chi connectivity index (χ1) is 10.1. The Morgan fingerprint density at radius 3 is 2.67 bits per heavy atom. The number of carbonyl (C=O) groups is 1. The SMILES string of the molecule is Cc1cc(C)cc(CC(=O)C2CNc3ccccc3O2)c1. The van der Waals surface area contributed by atoms with Crippen molar-refractivity contribution in [2.75, 3.05) is 11.9 Å². The number of para-hydroxylation sites is 2. The number of ether oxygens (including phenoxy) is 1. The summed E-state index contributed by atoms with van der Waals surface area (Å²) in [5.74, 6) is 0.865. The van der Waals surface area contributed by atoms with E-state index in [1.54, 1.807) is 0 Å². The molecule has 1 aliphatic heterocycles. The molecule has 0 fully saturated rings. The fourth-order valence-electron chi connectivity index (χ4n) is 2.78. The van der Waals surface area contributed by atoms with Crippen LogP contribution in [-0.2, 0) is 11.2 Å². The van der Waals surface area contributed by atoms with Crippen LogP contribution < -0.4 is 10.1 Å². The van der Waals surface area contributed by atoms with Gasteiger partial charge in [0, 0.05) is 6.42 Å². The Kier molecular flexibility index (Phi) is 3.65. The van der Waals surface area contributed by atoms with Gasteiger partial charge in [0.1, 0.15) is 5.75 Å². The Balaban J connectivity index is 1.72. The third-order valence-electron chi connectivity index (χ3n) is 3.65. The van der Waals surface area contributed by atoms with Gasteiger partial charge in [-0.2, -0.15) is 0 Å². The summed E-state index contributed by atoms with van der Waals surface area (Å²) in [5.41, 5.74) is 4.38. The number of anilines is 1. The molecular formula is C18H19NO2. The van der Waals surface area contributed by atoms with Gasteiger partial charge in [-0.25, -0.2) is 0 Å². The van der Waals surface area contributed by atoms with Gasteiger partial charge in [-0.05, 0) is 31.5 Å². The number of nitrogens with one attached hydrogen (secondary N) is 1. The Labute approximate surface area is 124 Å². The predicted molar refractivity (Wildman–Crippen MR) is 84.0 cm³/mol. The van der Waals surface area contributed by atoms with Crippen molar-refractivity contribution in [2.45, 2.75) is 26.4 Å². The molecule has 3 rings (SSSR count). The minimum atomic E-state index is -0.416. The van der Waals surface area contributed by atoms with Crippen LogP contribution in [0.25, 0.3) is 0 Å². The lowest BCUT2D eigenvalue weighted by Crippen LogP contribution is -2.38. The summed E-state index contributed by atoms with van der Waals surface area (Å²) in [5, 5.41) is 3.26. The smallest absolute Gasteiger partial charge is 0.179 e. The van der Waals surface area contributed by atoms with Crippen LogP contribution in [0.1, 0.15) is 16.7 Å². The normalized spacial score (nSPS) is 16.6. The summed E-state index contributed by atoms with van der Waals surface area (Å²) in [6.45, 7) is 4.63. The maximum atomic E-state index is 12.4. The fourth-order valence-corrected chi connectivity index (χ4v) is 2.78. The molecule has 108 valence electrons. The topological polar surface area (TPSA) is 38.3 Å². The minimum absolute atomic E-state index is 0.113. The second-order valence-corrected chi connectivity index (χ2v) is 5.62. The van der Waals surface area contributed by atoms with E-state index < -0.39 is 6.10 Å². The summed E-state index contributed by atoms with van der Waals surface area (Å²) in [6, 6.07) is 14.0. The average molecular weight is 281 g/mol. The van der Waals surface area contributed by atoms with Crippen molar-refractivity contribution in [3.05, 3.63) is 59.2 Å². The van der Waals surface area contributed by atoms with Crippen molar-refractivity contribution >= 4 is 11.5 Å². The number of rotatable bonds is 3. The molecule has 1 heterocycles. The average Bonchev–Trinajstić information content (AvgIpc) is 2.45. The molecule has 3 heteroatoms. The van der Waals surface area contributed by atoms with Crippen molar-refractivity contribution in [3.8, 4) is 5.75 Å². The van der Waals surface area contributed by atoms with Gasteiger partial charge in [0.05, 0.1) is 12.2 Å². The molecule has 0 bridgehead atoms. The van der Waals surface area contributed by atoms with E-state index >= 15 is 0 Å². The maximum absolute atomic E-state index is 12.4. The molecule has 1 aliphatic rings. The molecule has 1 atom stereocenters. The third kappa shape index (κ3) is 3.07. The molecule has 2 aromatic rings. The van der Waals surface area contributed by atoms with Gasteiger partial charge in [-0.3, -0.25) is 4.79 Å². The van der Waals surface area contributed by atoms with E-state index in [1.807, 2.05) is 24.3 Å². The van der Waals surface area contributed by atoms with E-state index in [-0.39, 0.29) is 5.78 Å². The maximum Gasteiger partial charge on any atom is 0.179 e. The Hall–Kier alpha value is -2.29. The first-order valence-corrected chi connectivity index (χ1v) is 7.21. The van der Waals surface area contributed by atoms with Crippen LogP contribution in [0.3, 0.4) is 0 Å². The van der Waals surface area contributed by atoms with Crippen molar-refractivity contribution in [1.29, 1.82) is 0 Å². The first-order valence-electron chi connectivity index (χ1n) is 7.21. The highest BCUT2D eigenvalue weighted by Crippen LogP contribution is 2.28. The minimum Gasteiger partial charge on any atom is -0.479 e. The number of hydrogen-bond acceptors (Lipinski definition) is 3. The number of Topliss-reactive ketones (excluding diaryl/α,β-unsaturated/α-hetero) is 1. The largest absolute Gasteiger partial charge is 0.479 e. The lowest BCUT2D eigenvalue weighted by Gasteiger charge is -2.26. The van der Waals surface area contributed by atoms with Gasteiger partial charge < -0.3 is 10.1 Å². The molecular weight excluding hydrogens is 262 g/mol. The standard InChI is InChI=1S/C18H19NO2/c1-12-7-13(2)9-14(8-12)10-16(20)18-11-19-15-5-3-4-6-17(15)21-18/h3-9,18-19H,10-11H2,1-2H3. The molecule has 1 unspecified atom stereocenters. The Bertz CT molecular complexity index is 658. The molecule has 0 aromatic heterocycles. The number of fused-ring (bicyclic) bond motifs is 1. The van der Waals surface area contributed by atoms with E-state index in [0.29, 0.717) is 13.0 Å². The number of carbonyl (C=O) groups excluding carboxylic acids is 1. The van der Waals surface area contributed by atoms with E-state index in [9.17, 15) is 4.79 Å². The summed E-state index contributed by atoms with van der Waals surface area (Å²) < 4.78 is 5.81. The molecule has 0 saturated carbocycles. The first kappa shape index (κ1) is 13.7. The zero-order valence-electron chi connectivity index (χ0n) is 12.3. The van der Waals surface area contributed by atoms with E-state index in [2.05, 4.69) is 37.4 Å². The highest BCUT2D eigenvalue weighted by Gasteiger charge is 2.25. The van der Waals surface area contributed by atoms with Crippen LogP contribution >= 0.6 is 0 Å². The molecule has 3 nitrogen and oxygen atoms in total. The number of benzene rings is 2. The summed E-state index contributed by atoms with van der Waals surface area (Å²) in [7, 11) is 0. The Morgan fingerprint density at radius 2 is 1.90 bits per heavy atom. The number of hydrogen-bond donors (Lipinski definition) is 1. The van der Waals surface area contributed by atoms with Gasteiger partial charge in [-0.15, -0.1) is 0 Å². The number of aryl methyl sites for hydroxylation is 2. The predicted octanol–water partition coefficient (Wildman–Crippen LogP) is 3.29. The third-order valence-corrected chi connectivity index (χ3v) is 3.65. The van der Waals surface area contributed by atoms with Crippen molar-refractivity contribution < 1.29 is 9.53 Å². The van der Waals surface area contributed by atoms with Gasteiger partial charge in [-0.1, -0.05) is 41.5 Å². The van der Waals surface area contributed by atoms with Gasteiger partial charge in [0.25, 0.3) is 0 Å². The second-order valence-electron chi connectivity index (χ2n) is 5.62. The van der Waals surface area contributed by atoms with Gasteiger partial charge >= 0.3 is 0 Å². The summed E-state index contributed by atoms with van der Waals surface area (Å²) >= 11 is 0. The van der Waals surface area contributed by atoms with Crippen molar-refractivity contribution in [2.24, 2.45) is 0 Å². The van der Waals surface area contributed by atoms with Crippen LogP contribution in [0, 0.1) is 13.8 Å². The van der Waals surface area contributed by atoms with Crippen LogP contribution in [-0.4, -0.2) is 18.4 Å². The highest BCUT2D eigenvalue weighted by molar-refractivity contribution is 5.87. The highest BCUT2D eigenvalue weighted by atomic mass is 16.5. The summed E-state index contributed by atoms with van der Waals surface area (Å²) in [6.07, 6.45) is -0.00228. The molecule has 0 aliphatic carbocycles. The number of ketones is 1. The fraction of sp³-hybridized carbons (Fsp3) is 0.278. The van der Waals surface area contributed by atoms with Crippen LogP contribution in [0.5, 0.6) is 5.75 Å². The zero-order chi connectivity index (χ0) is 14.8. The molecule has 0 radical (unpaired) electrons. The monoisotopic (exact) mass is 281 g/mol. The van der Waals surface area contributed by atoms with E-state index in [4.69, 9.17) is 4.74 Å². The molecule has 0 saturated heterocycles. The van der Waals surface area contributed by atoms with E-state index in [0.717, 1.165) is 17.0 Å². The molecule has 0 amide bonds. The van der Waals surface area contributed by atoms with Crippen LogP contribution in [0.4, 0.5) is 5.69 Å². The molecule has 0 spiro atoms. The van der Waals surface area contributed by atoms with Crippen LogP contribution in [0.15, 0.2) is 42.5 Å². The summed E-state index contributed by atoms with van der Waals surface area (Å²) in [4.78, 5) is 12.4.